The van der Waals surface area contributed by atoms with Gasteiger partial charge >= 0.3 is 0 Å². The summed E-state index contributed by atoms with van der Waals surface area (Å²) in [5.41, 5.74) is 1.31. The van der Waals surface area contributed by atoms with Crippen LogP contribution in [-0.2, 0) is 0 Å². The second-order valence-electron chi connectivity index (χ2n) is 4.16. The summed E-state index contributed by atoms with van der Waals surface area (Å²) in [5.74, 6) is 1.76. The van der Waals surface area contributed by atoms with Crippen molar-refractivity contribution >= 4 is 11.6 Å². The lowest BCUT2D eigenvalue weighted by atomic mass is 9.99. The van der Waals surface area contributed by atoms with Crippen molar-refractivity contribution in [3.8, 4) is 11.6 Å². The SMILES string of the molecule is CCC(C)c1ccc(Oc2cc(Cl)ncn2)cc1. The third kappa shape index (κ3) is 3.20. The molecule has 0 saturated carbocycles. The van der Waals surface area contributed by atoms with E-state index in [1.54, 1.807) is 6.07 Å². The molecular formula is C14H15ClN2O. The van der Waals surface area contributed by atoms with Gasteiger partial charge in [-0.3, -0.25) is 0 Å². The quantitative estimate of drug-likeness (QED) is 0.764. The second kappa shape index (κ2) is 5.83. The van der Waals surface area contributed by atoms with Crippen LogP contribution < -0.4 is 4.74 Å². The van der Waals surface area contributed by atoms with Crippen LogP contribution in [0.1, 0.15) is 31.7 Å². The first-order valence-electron chi connectivity index (χ1n) is 5.94. The Bertz CT molecular complexity index is 513. The summed E-state index contributed by atoms with van der Waals surface area (Å²) in [5, 5.41) is 0.372. The first-order chi connectivity index (χ1) is 8.69. The molecule has 1 unspecified atom stereocenters. The number of ether oxygens (including phenoxy) is 1. The van der Waals surface area contributed by atoms with E-state index in [2.05, 4.69) is 35.9 Å². The van der Waals surface area contributed by atoms with Gasteiger partial charge in [-0.15, -0.1) is 0 Å². The average molecular weight is 263 g/mol. The number of nitrogens with zero attached hydrogens (tertiary/aromatic N) is 2. The van der Waals surface area contributed by atoms with E-state index in [0.717, 1.165) is 12.2 Å². The molecule has 0 N–H and O–H groups in total. The fraction of sp³-hybridized carbons (Fsp3) is 0.286. The predicted molar refractivity (Wildman–Crippen MR) is 72.3 cm³/mol. The summed E-state index contributed by atoms with van der Waals surface area (Å²) >= 11 is 5.77. The molecule has 18 heavy (non-hydrogen) atoms. The Kier molecular flexibility index (Phi) is 4.15. The van der Waals surface area contributed by atoms with Gasteiger partial charge in [-0.2, -0.15) is 0 Å². The van der Waals surface area contributed by atoms with Crippen LogP contribution in [0.25, 0.3) is 0 Å². The molecule has 0 aliphatic heterocycles. The van der Waals surface area contributed by atoms with Crippen molar-refractivity contribution in [3.05, 3.63) is 47.4 Å². The van der Waals surface area contributed by atoms with Crippen LogP contribution in [0.5, 0.6) is 11.6 Å². The third-order valence-corrected chi connectivity index (χ3v) is 3.10. The average Bonchev–Trinajstić information content (AvgIpc) is 2.39. The maximum Gasteiger partial charge on any atom is 0.223 e. The van der Waals surface area contributed by atoms with Crippen LogP contribution in [0, 0.1) is 0 Å². The van der Waals surface area contributed by atoms with E-state index in [4.69, 9.17) is 16.3 Å². The maximum atomic E-state index is 5.77. The number of hydrogen-bond acceptors (Lipinski definition) is 3. The highest BCUT2D eigenvalue weighted by Crippen LogP contribution is 2.24. The molecule has 0 saturated heterocycles. The first-order valence-corrected chi connectivity index (χ1v) is 6.32. The Balaban J connectivity index is 2.11. The Morgan fingerprint density at radius 2 is 1.94 bits per heavy atom. The van der Waals surface area contributed by atoms with Gasteiger partial charge in [-0.05, 0) is 30.0 Å². The Hall–Kier alpha value is -1.61. The van der Waals surface area contributed by atoms with Crippen molar-refractivity contribution < 1.29 is 4.74 Å². The highest BCUT2D eigenvalue weighted by Gasteiger charge is 2.04. The topological polar surface area (TPSA) is 35.0 Å². The molecule has 1 aromatic carbocycles. The van der Waals surface area contributed by atoms with Crippen LogP contribution in [0.4, 0.5) is 0 Å². The van der Waals surface area contributed by atoms with Crippen LogP contribution in [0.15, 0.2) is 36.7 Å². The lowest BCUT2D eigenvalue weighted by Crippen LogP contribution is -1.92. The van der Waals surface area contributed by atoms with Gasteiger partial charge in [0.25, 0.3) is 0 Å². The van der Waals surface area contributed by atoms with Crippen molar-refractivity contribution in [3.63, 3.8) is 0 Å². The number of hydrogen-bond donors (Lipinski definition) is 0. The van der Waals surface area contributed by atoms with E-state index in [1.165, 1.54) is 11.9 Å². The first kappa shape index (κ1) is 12.8. The van der Waals surface area contributed by atoms with Gasteiger partial charge in [-0.25, -0.2) is 9.97 Å². The molecular weight excluding hydrogens is 248 g/mol. The zero-order chi connectivity index (χ0) is 13.0. The van der Waals surface area contributed by atoms with Crippen LogP contribution >= 0.6 is 11.6 Å². The predicted octanol–water partition coefficient (Wildman–Crippen LogP) is 4.44. The summed E-state index contributed by atoms with van der Waals surface area (Å²) in [6.45, 7) is 4.39. The summed E-state index contributed by atoms with van der Waals surface area (Å²) in [7, 11) is 0. The number of aromatic nitrogens is 2. The van der Waals surface area contributed by atoms with E-state index in [1.807, 2.05) is 12.1 Å². The van der Waals surface area contributed by atoms with Gasteiger partial charge in [0.1, 0.15) is 17.2 Å². The van der Waals surface area contributed by atoms with Gasteiger partial charge in [0, 0.05) is 6.07 Å². The molecule has 94 valence electrons. The number of halogens is 1. The Labute approximate surface area is 112 Å². The minimum atomic E-state index is 0.372. The van der Waals surface area contributed by atoms with Crippen molar-refractivity contribution in [1.82, 2.24) is 9.97 Å². The van der Waals surface area contributed by atoms with E-state index in [-0.39, 0.29) is 0 Å². The summed E-state index contributed by atoms with van der Waals surface area (Å²) in [4.78, 5) is 7.79. The second-order valence-corrected chi connectivity index (χ2v) is 4.55. The molecule has 3 nitrogen and oxygen atoms in total. The van der Waals surface area contributed by atoms with E-state index in [0.29, 0.717) is 17.0 Å². The van der Waals surface area contributed by atoms with E-state index in [9.17, 15) is 0 Å². The molecule has 4 heteroatoms. The molecule has 1 aromatic heterocycles. The zero-order valence-corrected chi connectivity index (χ0v) is 11.2. The Morgan fingerprint density at radius 3 is 2.56 bits per heavy atom. The maximum absolute atomic E-state index is 5.77. The number of rotatable bonds is 4. The summed E-state index contributed by atoms with van der Waals surface area (Å²) in [6.07, 6.45) is 2.51. The highest BCUT2D eigenvalue weighted by molar-refractivity contribution is 6.29. The van der Waals surface area contributed by atoms with Crippen LogP contribution in [0.3, 0.4) is 0 Å². The largest absolute Gasteiger partial charge is 0.439 e. The molecule has 0 radical (unpaired) electrons. The molecule has 0 fully saturated rings. The monoisotopic (exact) mass is 262 g/mol. The molecule has 0 aliphatic carbocycles. The molecule has 2 rings (SSSR count). The lowest BCUT2D eigenvalue weighted by Gasteiger charge is -2.10. The normalized spacial score (nSPS) is 12.2. The van der Waals surface area contributed by atoms with Crippen molar-refractivity contribution in [2.75, 3.05) is 0 Å². The van der Waals surface area contributed by atoms with Gasteiger partial charge in [0.2, 0.25) is 5.88 Å². The van der Waals surface area contributed by atoms with Gasteiger partial charge < -0.3 is 4.74 Å². The molecule has 0 amide bonds. The minimum Gasteiger partial charge on any atom is -0.439 e. The minimum absolute atomic E-state index is 0.372. The number of benzene rings is 1. The standard InChI is InChI=1S/C14H15ClN2O/c1-3-10(2)11-4-6-12(7-5-11)18-14-8-13(15)16-9-17-14/h4-10H,3H2,1-2H3. The highest BCUT2D eigenvalue weighted by atomic mass is 35.5. The van der Waals surface area contributed by atoms with E-state index >= 15 is 0 Å². The lowest BCUT2D eigenvalue weighted by molar-refractivity contribution is 0.461. The van der Waals surface area contributed by atoms with Gasteiger partial charge in [-0.1, -0.05) is 37.6 Å². The smallest absolute Gasteiger partial charge is 0.223 e. The Morgan fingerprint density at radius 1 is 1.22 bits per heavy atom. The molecule has 1 heterocycles. The summed E-state index contributed by atoms with van der Waals surface area (Å²) in [6, 6.07) is 9.62. The fourth-order valence-corrected chi connectivity index (χ4v) is 1.73. The molecule has 2 aromatic rings. The van der Waals surface area contributed by atoms with Crippen LogP contribution in [0.2, 0.25) is 5.15 Å². The van der Waals surface area contributed by atoms with E-state index < -0.39 is 0 Å². The third-order valence-electron chi connectivity index (χ3n) is 2.89. The molecule has 0 spiro atoms. The van der Waals surface area contributed by atoms with Gasteiger partial charge in [0.15, 0.2) is 0 Å². The van der Waals surface area contributed by atoms with Crippen molar-refractivity contribution in [2.24, 2.45) is 0 Å². The van der Waals surface area contributed by atoms with Crippen molar-refractivity contribution in [2.45, 2.75) is 26.2 Å². The molecule has 0 aliphatic rings. The van der Waals surface area contributed by atoms with Crippen molar-refractivity contribution in [1.29, 1.82) is 0 Å². The zero-order valence-electron chi connectivity index (χ0n) is 10.4. The van der Waals surface area contributed by atoms with Crippen LogP contribution in [-0.4, -0.2) is 9.97 Å². The van der Waals surface area contributed by atoms with Gasteiger partial charge in [0.05, 0.1) is 0 Å². The summed E-state index contributed by atoms with van der Waals surface area (Å²) < 4.78 is 5.59. The fourth-order valence-electron chi connectivity index (χ4n) is 1.59. The molecule has 0 bridgehead atoms. The molecule has 1 atom stereocenters.